The van der Waals surface area contributed by atoms with Gasteiger partial charge in [0.25, 0.3) is 0 Å². The first-order valence-corrected chi connectivity index (χ1v) is 10.9. The van der Waals surface area contributed by atoms with Crippen molar-refractivity contribution in [2.24, 2.45) is 5.41 Å². The van der Waals surface area contributed by atoms with Gasteiger partial charge in [-0.1, -0.05) is 55.8 Å². The van der Waals surface area contributed by atoms with Crippen molar-refractivity contribution in [3.8, 4) is 11.5 Å². The lowest BCUT2D eigenvalue weighted by Crippen LogP contribution is -2.33. The first-order chi connectivity index (χ1) is 14.9. The Morgan fingerprint density at radius 2 is 1.81 bits per heavy atom. The lowest BCUT2D eigenvalue weighted by atomic mass is 9.68. The van der Waals surface area contributed by atoms with Crippen molar-refractivity contribution < 1.29 is 14.3 Å². The van der Waals surface area contributed by atoms with Crippen LogP contribution in [0.4, 0.5) is 5.69 Å². The first kappa shape index (κ1) is 18.8. The third-order valence-corrected chi connectivity index (χ3v) is 6.87. The van der Waals surface area contributed by atoms with E-state index in [1.165, 1.54) is 10.8 Å². The maximum Gasteiger partial charge on any atom is 0.231 e. The molecular weight excluding hydrogens is 410 g/mol. The predicted molar refractivity (Wildman–Crippen MR) is 123 cm³/mol. The molecule has 0 spiro atoms. The number of carbonyl (C=O) groups excluding carboxylic acids is 1. The van der Waals surface area contributed by atoms with Gasteiger partial charge in [-0.15, -0.1) is 0 Å². The summed E-state index contributed by atoms with van der Waals surface area (Å²) in [6.45, 7) is 4.53. The lowest BCUT2D eigenvalue weighted by molar-refractivity contribution is -0.118. The van der Waals surface area contributed by atoms with E-state index in [1.54, 1.807) is 6.07 Å². The maximum absolute atomic E-state index is 13.5. The lowest BCUT2D eigenvalue weighted by Gasteiger charge is -2.40. The zero-order valence-corrected chi connectivity index (χ0v) is 18.2. The number of ketones is 1. The standard InChI is InChI=1S/C26H22ClNO3/c1-26(2)11-17-23-15-6-4-3-5-14(15)7-8-19(23)28-25(24(17)20(29)12-26)16-9-21-22(10-18(16)27)31-13-30-21/h3-10,25,28H,11-13H2,1-2H3. The first-order valence-electron chi connectivity index (χ1n) is 10.6. The van der Waals surface area contributed by atoms with Gasteiger partial charge in [0.1, 0.15) is 0 Å². The zero-order chi connectivity index (χ0) is 21.3. The number of rotatable bonds is 1. The Bertz CT molecular complexity index is 1310. The summed E-state index contributed by atoms with van der Waals surface area (Å²) < 4.78 is 11.1. The van der Waals surface area contributed by atoms with Crippen LogP contribution in [0.15, 0.2) is 54.1 Å². The van der Waals surface area contributed by atoms with Crippen LogP contribution in [0.2, 0.25) is 5.02 Å². The van der Waals surface area contributed by atoms with Crippen molar-refractivity contribution >= 4 is 39.4 Å². The van der Waals surface area contributed by atoms with E-state index in [-0.39, 0.29) is 24.0 Å². The van der Waals surface area contributed by atoms with E-state index in [0.29, 0.717) is 22.9 Å². The van der Waals surface area contributed by atoms with Crippen LogP contribution in [0.1, 0.15) is 43.9 Å². The average Bonchev–Trinajstić information content (AvgIpc) is 3.18. The summed E-state index contributed by atoms with van der Waals surface area (Å²) in [4.78, 5) is 13.5. The Balaban J connectivity index is 1.62. The van der Waals surface area contributed by atoms with Gasteiger partial charge in [-0.2, -0.15) is 0 Å². The highest BCUT2D eigenvalue weighted by molar-refractivity contribution is 6.32. The van der Waals surface area contributed by atoms with Gasteiger partial charge in [-0.25, -0.2) is 0 Å². The number of nitrogens with one attached hydrogen (secondary N) is 1. The van der Waals surface area contributed by atoms with Crippen LogP contribution < -0.4 is 14.8 Å². The van der Waals surface area contributed by atoms with Crippen LogP contribution in [0, 0.1) is 5.41 Å². The number of hydrogen-bond acceptors (Lipinski definition) is 4. The molecule has 1 unspecified atom stereocenters. The Kier molecular flexibility index (Phi) is 3.94. The molecule has 5 heteroatoms. The van der Waals surface area contributed by atoms with Crippen molar-refractivity contribution in [2.45, 2.75) is 32.7 Å². The molecule has 31 heavy (non-hydrogen) atoms. The normalized spacial score (nSPS) is 21.0. The molecule has 3 aromatic carbocycles. The summed E-state index contributed by atoms with van der Waals surface area (Å²) in [5.41, 5.74) is 4.87. The largest absolute Gasteiger partial charge is 0.454 e. The summed E-state index contributed by atoms with van der Waals surface area (Å²) in [7, 11) is 0. The summed E-state index contributed by atoms with van der Waals surface area (Å²) >= 11 is 6.69. The maximum atomic E-state index is 13.5. The third kappa shape index (κ3) is 2.85. The summed E-state index contributed by atoms with van der Waals surface area (Å²) in [6, 6.07) is 16.0. The van der Waals surface area contributed by atoms with Crippen molar-refractivity contribution in [1.82, 2.24) is 0 Å². The zero-order valence-electron chi connectivity index (χ0n) is 17.4. The smallest absolute Gasteiger partial charge is 0.231 e. The van der Waals surface area contributed by atoms with Gasteiger partial charge < -0.3 is 14.8 Å². The monoisotopic (exact) mass is 431 g/mol. The number of carbonyl (C=O) groups is 1. The Morgan fingerprint density at radius 3 is 2.65 bits per heavy atom. The van der Waals surface area contributed by atoms with Crippen molar-refractivity contribution in [3.05, 3.63) is 70.3 Å². The van der Waals surface area contributed by atoms with Crippen molar-refractivity contribution in [3.63, 3.8) is 0 Å². The molecular formula is C26H22ClNO3. The van der Waals surface area contributed by atoms with Gasteiger partial charge in [0, 0.05) is 34.9 Å². The van der Waals surface area contributed by atoms with E-state index in [1.807, 2.05) is 12.1 Å². The molecule has 4 nitrogen and oxygen atoms in total. The highest BCUT2D eigenvalue weighted by atomic mass is 35.5. The molecule has 1 atom stereocenters. The van der Waals surface area contributed by atoms with Gasteiger partial charge in [0.15, 0.2) is 17.3 Å². The molecule has 2 heterocycles. The number of halogens is 1. The second kappa shape index (κ2) is 6.51. The second-order valence-electron chi connectivity index (χ2n) is 9.35. The minimum Gasteiger partial charge on any atom is -0.454 e. The molecule has 6 rings (SSSR count). The van der Waals surface area contributed by atoms with E-state index < -0.39 is 0 Å². The molecule has 0 fully saturated rings. The number of ether oxygens (including phenoxy) is 2. The highest BCUT2D eigenvalue weighted by Crippen LogP contribution is 2.53. The number of allylic oxidation sites excluding steroid dienone is 1. The SMILES string of the molecule is CC1(C)CC(=O)C2=C(C1)c1c(ccc3ccccc13)NC2c1cc2c(cc1Cl)OCO2. The number of hydrogen-bond donors (Lipinski definition) is 1. The third-order valence-electron chi connectivity index (χ3n) is 6.54. The predicted octanol–water partition coefficient (Wildman–Crippen LogP) is 6.53. The summed E-state index contributed by atoms with van der Waals surface area (Å²) in [5.74, 6) is 1.48. The fourth-order valence-electron chi connectivity index (χ4n) is 5.22. The number of fused-ring (bicyclic) bond motifs is 5. The molecule has 0 saturated carbocycles. The molecule has 2 aliphatic heterocycles. The number of Topliss-reactive ketones (excluding diaryl/α,β-unsaturated/α-hetero) is 1. The van der Waals surface area contributed by atoms with Crippen LogP contribution in [0.5, 0.6) is 11.5 Å². The summed E-state index contributed by atoms with van der Waals surface area (Å²) in [5, 5.41) is 6.54. The summed E-state index contributed by atoms with van der Waals surface area (Å²) in [6.07, 6.45) is 1.36. The van der Waals surface area contributed by atoms with Crippen molar-refractivity contribution in [2.75, 3.05) is 12.1 Å². The van der Waals surface area contributed by atoms with Gasteiger partial charge in [0.2, 0.25) is 6.79 Å². The Morgan fingerprint density at radius 1 is 1.03 bits per heavy atom. The minimum absolute atomic E-state index is 0.0926. The van der Waals surface area contributed by atoms with E-state index >= 15 is 0 Å². The second-order valence-corrected chi connectivity index (χ2v) is 9.75. The fourth-order valence-corrected chi connectivity index (χ4v) is 5.49. The van der Waals surface area contributed by atoms with E-state index in [9.17, 15) is 4.79 Å². The van der Waals surface area contributed by atoms with E-state index in [4.69, 9.17) is 21.1 Å². The van der Waals surface area contributed by atoms with Crippen LogP contribution in [0.25, 0.3) is 16.3 Å². The minimum atomic E-state index is -0.325. The molecule has 0 amide bonds. The van der Waals surface area contributed by atoms with Gasteiger partial charge >= 0.3 is 0 Å². The van der Waals surface area contributed by atoms with Crippen LogP contribution in [0.3, 0.4) is 0 Å². The van der Waals surface area contributed by atoms with Crippen LogP contribution >= 0.6 is 11.6 Å². The van der Waals surface area contributed by atoms with E-state index in [2.05, 4.69) is 49.5 Å². The average molecular weight is 432 g/mol. The Hall–Kier alpha value is -2.98. The van der Waals surface area contributed by atoms with Crippen LogP contribution in [-0.2, 0) is 4.79 Å². The molecule has 0 radical (unpaired) electrons. The quantitative estimate of drug-likeness (QED) is 0.475. The number of anilines is 1. The van der Waals surface area contributed by atoms with E-state index in [0.717, 1.165) is 34.4 Å². The molecule has 0 saturated heterocycles. The van der Waals surface area contributed by atoms with Gasteiger partial charge in [0.05, 0.1) is 11.1 Å². The van der Waals surface area contributed by atoms with Crippen molar-refractivity contribution in [1.29, 1.82) is 0 Å². The molecule has 1 aliphatic carbocycles. The van der Waals surface area contributed by atoms with Gasteiger partial charge in [-0.05, 0) is 40.3 Å². The topological polar surface area (TPSA) is 47.6 Å². The molecule has 3 aliphatic rings. The number of benzene rings is 3. The fraction of sp³-hybridized carbons (Fsp3) is 0.269. The van der Waals surface area contributed by atoms with Crippen LogP contribution in [-0.4, -0.2) is 12.6 Å². The van der Waals surface area contributed by atoms with Gasteiger partial charge in [-0.3, -0.25) is 4.79 Å². The molecule has 3 aromatic rings. The molecule has 156 valence electrons. The highest BCUT2D eigenvalue weighted by Gasteiger charge is 2.41. The molecule has 1 N–H and O–H groups in total. The molecule has 0 bridgehead atoms. The molecule has 0 aromatic heterocycles. The Labute approximate surface area is 185 Å².